The highest BCUT2D eigenvalue weighted by Gasteiger charge is 2.15. The molecule has 0 fully saturated rings. The maximum absolute atomic E-state index is 14.2. The fourth-order valence-corrected chi connectivity index (χ4v) is 3.65. The van der Waals surface area contributed by atoms with E-state index >= 15 is 0 Å². The van der Waals surface area contributed by atoms with E-state index in [1.807, 2.05) is 10.9 Å². The number of halogens is 1. The van der Waals surface area contributed by atoms with Gasteiger partial charge in [-0.15, -0.1) is 5.10 Å². The number of aryl methyl sites for hydroxylation is 1. The number of fused-ring (bicyclic) bond motifs is 3. The number of benzene rings is 1. The van der Waals surface area contributed by atoms with E-state index in [0.29, 0.717) is 34.8 Å². The van der Waals surface area contributed by atoms with Crippen LogP contribution in [-0.2, 0) is 6.42 Å². The molecule has 0 saturated heterocycles. The first kappa shape index (κ1) is 21.8. The van der Waals surface area contributed by atoms with Crippen molar-refractivity contribution in [1.82, 2.24) is 29.4 Å². The lowest BCUT2D eigenvalue weighted by molar-refractivity contribution is 0.387. The van der Waals surface area contributed by atoms with Crippen molar-refractivity contribution < 1.29 is 9.13 Å². The molecule has 32 heavy (non-hydrogen) atoms. The van der Waals surface area contributed by atoms with Gasteiger partial charge in [0.1, 0.15) is 0 Å². The molecule has 170 valence electrons. The number of hydrogen-bond donors (Lipinski definition) is 1. The topological polar surface area (TPSA) is 99.4 Å². The third kappa shape index (κ3) is 4.17. The minimum atomic E-state index is -0.474. The summed E-state index contributed by atoms with van der Waals surface area (Å²) in [5.41, 5.74) is 8.19. The molecule has 1 atom stereocenters. The number of hydrogen-bond acceptors (Lipinski definition) is 7. The summed E-state index contributed by atoms with van der Waals surface area (Å²) in [5.74, 6) is 0.512. The Morgan fingerprint density at radius 2 is 2.06 bits per heavy atom. The molecule has 3 aromatic heterocycles. The Balaban J connectivity index is 1.42. The number of unbranched alkanes of at least 4 members (excludes halogenated alkanes) is 1. The predicted octanol–water partition coefficient (Wildman–Crippen LogP) is 3.63. The van der Waals surface area contributed by atoms with Gasteiger partial charge < -0.3 is 15.4 Å². The van der Waals surface area contributed by atoms with Crippen molar-refractivity contribution in [2.45, 2.75) is 45.6 Å². The first-order valence-corrected chi connectivity index (χ1v) is 10.8. The second-order valence-electron chi connectivity index (χ2n) is 8.05. The SMILES string of the molecule is CCC(C)n1cc(N(C)CCCCc2nc3c4cc(F)c(OC)cc4nc(N)n3n2)cn1. The average Bonchev–Trinajstić information content (AvgIpc) is 3.44. The molecule has 4 rings (SSSR count). The van der Waals surface area contributed by atoms with Crippen molar-refractivity contribution in [3.63, 3.8) is 0 Å². The van der Waals surface area contributed by atoms with Crippen molar-refractivity contribution in [2.24, 2.45) is 0 Å². The van der Waals surface area contributed by atoms with Crippen LogP contribution in [0.2, 0.25) is 0 Å². The Morgan fingerprint density at radius 3 is 2.81 bits per heavy atom. The first-order chi connectivity index (χ1) is 15.4. The van der Waals surface area contributed by atoms with Gasteiger partial charge >= 0.3 is 0 Å². The fraction of sp³-hybridized carbons (Fsp3) is 0.455. The van der Waals surface area contributed by atoms with Gasteiger partial charge in [0.15, 0.2) is 23.0 Å². The number of nitrogens with two attached hydrogens (primary N) is 1. The number of aromatic nitrogens is 6. The van der Waals surface area contributed by atoms with E-state index in [1.165, 1.54) is 23.8 Å². The maximum Gasteiger partial charge on any atom is 0.223 e. The van der Waals surface area contributed by atoms with E-state index < -0.39 is 5.82 Å². The zero-order valence-corrected chi connectivity index (χ0v) is 18.9. The minimum absolute atomic E-state index is 0.118. The lowest BCUT2D eigenvalue weighted by Gasteiger charge is -2.16. The van der Waals surface area contributed by atoms with Crippen LogP contribution in [0.5, 0.6) is 5.75 Å². The molecular weight excluding hydrogens is 411 g/mol. The molecule has 0 bridgehead atoms. The number of methoxy groups -OCH3 is 1. The fourth-order valence-electron chi connectivity index (χ4n) is 3.65. The second kappa shape index (κ2) is 8.97. The first-order valence-electron chi connectivity index (χ1n) is 10.8. The van der Waals surface area contributed by atoms with E-state index in [-0.39, 0.29) is 11.7 Å². The quantitative estimate of drug-likeness (QED) is 0.397. The average molecular weight is 441 g/mol. The molecule has 3 heterocycles. The standard InChI is InChI=1S/C22H29FN8O/c1-5-14(2)30-13-15(12-25-30)29(3)9-7-6-8-20-27-21-16-10-17(23)19(32-4)11-18(16)26-22(24)31(21)28-20/h10-14H,5-9H2,1-4H3,(H2,24,26). The Bertz CT molecular complexity index is 1230. The highest BCUT2D eigenvalue weighted by atomic mass is 19.1. The molecule has 0 radical (unpaired) electrons. The number of nitrogen functional groups attached to an aromatic ring is 1. The molecule has 0 aliphatic rings. The zero-order valence-electron chi connectivity index (χ0n) is 18.9. The van der Waals surface area contributed by atoms with Crippen LogP contribution in [0.1, 0.15) is 45.0 Å². The molecule has 10 heteroatoms. The van der Waals surface area contributed by atoms with Gasteiger partial charge in [-0.2, -0.15) is 9.61 Å². The Morgan fingerprint density at radius 1 is 1.25 bits per heavy atom. The van der Waals surface area contributed by atoms with E-state index in [1.54, 1.807) is 0 Å². The summed E-state index contributed by atoms with van der Waals surface area (Å²) in [7, 11) is 3.49. The lowest BCUT2D eigenvalue weighted by Crippen LogP contribution is -2.18. The van der Waals surface area contributed by atoms with Crippen LogP contribution < -0.4 is 15.4 Å². The molecular formula is C22H29FN8O. The molecule has 0 spiro atoms. The van der Waals surface area contributed by atoms with Crippen LogP contribution in [-0.4, -0.2) is 50.1 Å². The summed E-state index contributed by atoms with van der Waals surface area (Å²) in [6.07, 6.45) is 7.63. The monoisotopic (exact) mass is 440 g/mol. The number of rotatable bonds is 9. The highest BCUT2D eigenvalue weighted by molar-refractivity contribution is 5.93. The van der Waals surface area contributed by atoms with Crippen molar-refractivity contribution >= 4 is 28.2 Å². The number of nitrogens with zero attached hydrogens (tertiary/aromatic N) is 7. The Kier molecular flexibility index (Phi) is 6.11. The van der Waals surface area contributed by atoms with Crippen LogP contribution in [0.15, 0.2) is 24.5 Å². The van der Waals surface area contributed by atoms with E-state index in [9.17, 15) is 4.39 Å². The normalized spacial score (nSPS) is 12.5. The molecule has 1 unspecified atom stereocenters. The Hall–Kier alpha value is -3.43. The summed E-state index contributed by atoms with van der Waals surface area (Å²) in [6.45, 7) is 5.22. The summed E-state index contributed by atoms with van der Waals surface area (Å²) in [4.78, 5) is 11.1. The van der Waals surface area contributed by atoms with Crippen LogP contribution in [0.25, 0.3) is 16.6 Å². The molecule has 4 aromatic rings. The molecule has 0 amide bonds. The lowest BCUT2D eigenvalue weighted by atomic mass is 10.2. The summed E-state index contributed by atoms with van der Waals surface area (Å²) < 4.78 is 22.7. The van der Waals surface area contributed by atoms with E-state index in [2.05, 4.69) is 52.2 Å². The summed E-state index contributed by atoms with van der Waals surface area (Å²) in [6, 6.07) is 3.28. The van der Waals surface area contributed by atoms with Crippen LogP contribution in [0, 0.1) is 5.82 Å². The van der Waals surface area contributed by atoms with Gasteiger partial charge in [0, 0.05) is 43.7 Å². The smallest absolute Gasteiger partial charge is 0.223 e. The second-order valence-corrected chi connectivity index (χ2v) is 8.05. The van der Waals surface area contributed by atoms with Crippen molar-refractivity contribution in [1.29, 1.82) is 0 Å². The number of ether oxygens (including phenoxy) is 1. The van der Waals surface area contributed by atoms with Crippen LogP contribution in [0.4, 0.5) is 16.0 Å². The van der Waals surface area contributed by atoms with Crippen molar-refractivity contribution in [3.8, 4) is 5.75 Å². The van der Waals surface area contributed by atoms with E-state index in [4.69, 9.17) is 10.5 Å². The number of anilines is 2. The summed E-state index contributed by atoms with van der Waals surface area (Å²) in [5, 5.41) is 9.49. The molecule has 0 aliphatic heterocycles. The van der Waals surface area contributed by atoms with Gasteiger partial charge in [0.25, 0.3) is 0 Å². The molecule has 2 N–H and O–H groups in total. The van der Waals surface area contributed by atoms with Gasteiger partial charge in [0.2, 0.25) is 5.95 Å². The van der Waals surface area contributed by atoms with Gasteiger partial charge in [-0.1, -0.05) is 6.92 Å². The van der Waals surface area contributed by atoms with Crippen LogP contribution in [0.3, 0.4) is 0 Å². The van der Waals surface area contributed by atoms with E-state index in [0.717, 1.165) is 31.5 Å². The minimum Gasteiger partial charge on any atom is -0.494 e. The third-order valence-electron chi connectivity index (χ3n) is 5.83. The van der Waals surface area contributed by atoms with Crippen molar-refractivity contribution in [3.05, 3.63) is 36.2 Å². The molecule has 0 aliphatic carbocycles. The van der Waals surface area contributed by atoms with Gasteiger partial charge in [-0.3, -0.25) is 4.68 Å². The van der Waals surface area contributed by atoms with Gasteiger partial charge in [0.05, 0.1) is 24.5 Å². The maximum atomic E-state index is 14.2. The van der Waals surface area contributed by atoms with Gasteiger partial charge in [-0.05, 0) is 32.3 Å². The summed E-state index contributed by atoms with van der Waals surface area (Å²) >= 11 is 0. The highest BCUT2D eigenvalue weighted by Crippen LogP contribution is 2.27. The zero-order chi connectivity index (χ0) is 22.8. The van der Waals surface area contributed by atoms with Crippen molar-refractivity contribution in [2.75, 3.05) is 31.3 Å². The molecule has 9 nitrogen and oxygen atoms in total. The Labute approximate surface area is 186 Å². The third-order valence-corrected chi connectivity index (χ3v) is 5.83. The van der Waals surface area contributed by atoms with Gasteiger partial charge in [-0.25, -0.2) is 14.4 Å². The molecule has 0 saturated carbocycles. The molecule has 1 aromatic carbocycles. The van der Waals surface area contributed by atoms with Crippen LogP contribution >= 0.6 is 0 Å². The largest absolute Gasteiger partial charge is 0.494 e. The predicted molar refractivity (Wildman–Crippen MR) is 123 cm³/mol.